The zero-order chi connectivity index (χ0) is 14.0. The van der Waals surface area contributed by atoms with E-state index in [0.717, 1.165) is 22.6 Å². The van der Waals surface area contributed by atoms with Crippen LogP contribution in [-0.2, 0) is 18.3 Å². The van der Waals surface area contributed by atoms with Crippen molar-refractivity contribution in [3.8, 4) is 5.75 Å². The van der Waals surface area contributed by atoms with Crippen molar-refractivity contribution in [2.75, 3.05) is 0 Å². The first-order valence-electron chi connectivity index (χ1n) is 6.31. The summed E-state index contributed by atoms with van der Waals surface area (Å²) >= 11 is 0. The van der Waals surface area contributed by atoms with Crippen molar-refractivity contribution < 1.29 is 14.6 Å². The molecule has 1 aromatic heterocycles. The second-order valence-electron chi connectivity index (χ2n) is 4.80. The number of carboxylic acid groups (broad SMARTS) is 1. The van der Waals surface area contributed by atoms with Crippen molar-refractivity contribution >= 4 is 17.0 Å². The SMILES string of the molecule is CC(C)Oc1ccc2c(c1)nc(CCC(=O)O)n2C. The van der Waals surface area contributed by atoms with E-state index in [9.17, 15) is 4.79 Å². The average molecular weight is 262 g/mol. The number of benzene rings is 1. The highest BCUT2D eigenvalue weighted by atomic mass is 16.5. The zero-order valence-corrected chi connectivity index (χ0v) is 11.4. The van der Waals surface area contributed by atoms with Crippen LogP contribution in [0.1, 0.15) is 26.1 Å². The number of carboxylic acids is 1. The number of hydrogen-bond donors (Lipinski definition) is 1. The van der Waals surface area contributed by atoms with E-state index in [1.165, 1.54) is 0 Å². The summed E-state index contributed by atoms with van der Waals surface area (Å²) < 4.78 is 7.55. The maximum Gasteiger partial charge on any atom is 0.303 e. The van der Waals surface area contributed by atoms with Crippen LogP contribution in [0.3, 0.4) is 0 Å². The molecule has 102 valence electrons. The molecule has 0 atom stereocenters. The number of aliphatic carboxylic acids is 1. The number of ether oxygens (including phenoxy) is 1. The Labute approximate surface area is 111 Å². The average Bonchev–Trinajstić information content (AvgIpc) is 2.62. The molecule has 0 fully saturated rings. The van der Waals surface area contributed by atoms with Crippen molar-refractivity contribution in [1.29, 1.82) is 0 Å². The van der Waals surface area contributed by atoms with E-state index in [2.05, 4.69) is 4.98 Å². The van der Waals surface area contributed by atoms with Gasteiger partial charge in [-0.1, -0.05) is 0 Å². The zero-order valence-electron chi connectivity index (χ0n) is 11.4. The Morgan fingerprint density at radius 2 is 2.21 bits per heavy atom. The lowest BCUT2D eigenvalue weighted by molar-refractivity contribution is -0.137. The summed E-state index contributed by atoms with van der Waals surface area (Å²) in [5.74, 6) is 0.750. The highest BCUT2D eigenvalue weighted by Crippen LogP contribution is 2.22. The number of nitrogens with zero attached hydrogens (tertiary/aromatic N) is 2. The summed E-state index contributed by atoms with van der Waals surface area (Å²) in [6.45, 7) is 3.95. The van der Waals surface area contributed by atoms with E-state index < -0.39 is 5.97 Å². The van der Waals surface area contributed by atoms with Crippen LogP contribution in [0.15, 0.2) is 18.2 Å². The normalized spacial score (nSPS) is 11.2. The molecule has 0 unspecified atom stereocenters. The largest absolute Gasteiger partial charge is 0.491 e. The summed E-state index contributed by atoms with van der Waals surface area (Å²) in [5.41, 5.74) is 1.82. The summed E-state index contributed by atoms with van der Waals surface area (Å²) in [6, 6.07) is 5.74. The molecule has 1 aromatic carbocycles. The lowest BCUT2D eigenvalue weighted by Gasteiger charge is -2.09. The molecule has 0 radical (unpaired) electrons. The molecule has 1 heterocycles. The molecule has 5 nitrogen and oxygen atoms in total. The highest BCUT2D eigenvalue weighted by molar-refractivity contribution is 5.78. The number of imidazole rings is 1. The van der Waals surface area contributed by atoms with Gasteiger partial charge in [0.1, 0.15) is 11.6 Å². The predicted molar refractivity (Wildman–Crippen MR) is 72.4 cm³/mol. The molecule has 0 saturated heterocycles. The van der Waals surface area contributed by atoms with E-state index in [1.807, 2.05) is 43.7 Å². The van der Waals surface area contributed by atoms with Crippen molar-refractivity contribution in [2.24, 2.45) is 7.05 Å². The van der Waals surface area contributed by atoms with Gasteiger partial charge < -0.3 is 14.4 Å². The van der Waals surface area contributed by atoms with Gasteiger partial charge in [0.15, 0.2) is 0 Å². The number of aryl methyl sites for hydroxylation is 2. The summed E-state index contributed by atoms with van der Waals surface area (Å²) in [4.78, 5) is 15.1. The van der Waals surface area contributed by atoms with Crippen LogP contribution < -0.4 is 4.74 Å². The fraction of sp³-hybridized carbons (Fsp3) is 0.429. The van der Waals surface area contributed by atoms with Crippen LogP contribution in [0.25, 0.3) is 11.0 Å². The highest BCUT2D eigenvalue weighted by Gasteiger charge is 2.10. The molecular weight excluding hydrogens is 244 g/mol. The smallest absolute Gasteiger partial charge is 0.303 e. The predicted octanol–water partition coefficient (Wildman–Crippen LogP) is 2.38. The number of fused-ring (bicyclic) bond motifs is 1. The maximum absolute atomic E-state index is 10.6. The molecule has 0 aliphatic heterocycles. The Balaban J connectivity index is 2.31. The maximum atomic E-state index is 10.6. The van der Waals surface area contributed by atoms with Gasteiger partial charge in [-0.2, -0.15) is 0 Å². The van der Waals surface area contributed by atoms with Crippen molar-refractivity contribution in [3.05, 3.63) is 24.0 Å². The molecule has 1 N–H and O–H groups in total. The fourth-order valence-electron chi connectivity index (χ4n) is 2.02. The van der Waals surface area contributed by atoms with Gasteiger partial charge in [0.05, 0.1) is 23.6 Å². The van der Waals surface area contributed by atoms with Gasteiger partial charge >= 0.3 is 5.97 Å². The van der Waals surface area contributed by atoms with Gasteiger partial charge in [-0.05, 0) is 26.0 Å². The summed E-state index contributed by atoms with van der Waals surface area (Å²) in [6.07, 6.45) is 0.639. The van der Waals surface area contributed by atoms with Crippen LogP contribution in [-0.4, -0.2) is 26.7 Å². The Bertz CT molecular complexity index is 602. The van der Waals surface area contributed by atoms with Gasteiger partial charge in [-0.3, -0.25) is 4.79 Å². The quantitative estimate of drug-likeness (QED) is 0.898. The van der Waals surface area contributed by atoms with Gasteiger partial charge in [0, 0.05) is 19.5 Å². The molecule has 0 spiro atoms. The van der Waals surface area contributed by atoms with Crippen molar-refractivity contribution in [3.63, 3.8) is 0 Å². The molecule has 0 amide bonds. The third-order valence-electron chi connectivity index (χ3n) is 2.88. The number of carbonyl (C=O) groups is 1. The Hall–Kier alpha value is -2.04. The number of aromatic nitrogens is 2. The fourth-order valence-corrected chi connectivity index (χ4v) is 2.02. The topological polar surface area (TPSA) is 64.3 Å². The molecule has 0 bridgehead atoms. The van der Waals surface area contributed by atoms with E-state index in [1.54, 1.807) is 0 Å². The first-order chi connectivity index (χ1) is 8.97. The van der Waals surface area contributed by atoms with Crippen LogP contribution in [0.2, 0.25) is 0 Å². The molecule has 0 aliphatic carbocycles. The molecule has 2 aromatic rings. The van der Waals surface area contributed by atoms with E-state index in [0.29, 0.717) is 6.42 Å². The van der Waals surface area contributed by atoms with Gasteiger partial charge in [0.25, 0.3) is 0 Å². The monoisotopic (exact) mass is 262 g/mol. The number of rotatable bonds is 5. The minimum atomic E-state index is -0.809. The van der Waals surface area contributed by atoms with E-state index >= 15 is 0 Å². The lowest BCUT2D eigenvalue weighted by Crippen LogP contribution is -2.05. The minimum Gasteiger partial charge on any atom is -0.491 e. The van der Waals surface area contributed by atoms with E-state index in [4.69, 9.17) is 9.84 Å². The van der Waals surface area contributed by atoms with Crippen LogP contribution >= 0.6 is 0 Å². The van der Waals surface area contributed by atoms with Gasteiger partial charge in [-0.15, -0.1) is 0 Å². The van der Waals surface area contributed by atoms with Gasteiger partial charge in [0.2, 0.25) is 0 Å². The minimum absolute atomic E-state index is 0.0898. The summed E-state index contributed by atoms with van der Waals surface area (Å²) in [7, 11) is 1.90. The molecule has 5 heteroatoms. The van der Waals surface area contributed by atoms with Crippen LogP contribution in [0, 0.1) is 0 Å². The second kappa shape index (κ2) is 5.30. The molecule has 0 saturated carbocycles. The molecule has 0 aliphatic rings. The lowest BCUT2D eigenvalue weighted by atomic mass is 10.3. The van der Waals surface area contributed by atoms with Crippen LogP contribution in [0.5, 0.6) is 5.75 Å². The molecular formula is C14H18N2O3. The standard InChI is InChI=1S/C14H18N2O3/c1-9(2)19-10-4-5-12-11(8-10)15-13(16(12)3)6-7-14(17)18/h4-5,8-9H,6-7H2,1-3H3,(H,17,18). The van der Waals surface area contributed by atoms with Crippen LogP contribution in [0.4, 0.5) is 0 Å². The first-order valence-corrected chi connectivity index (χ1v) is 6.31. The van der Waals surface area contributed by atoms with Gasteiger partial charge in [-0.25, -0.2) is 4.98 Å². The molecule has 19 heavy (non-hydrogen) atoms. The number of hydrogen-bond acceptors (Lipinski definition) is 3. The third-order valence-corrected chi connectivity index (χ3v) is 2.88. The Kier molecular flexibility index (Phi) is 3.74. The van der Waals surface area contributed by atoms with Crippen molar-refractivity contribution in [1.82, 2.24) is 9.55 Å². The van der Waals surface area contributed by atoms with E-state index in [-0.39, 0.29) is 12.5 Å². The van der Waals surface area contributed by atoms with Crippen molar-refractivity contribution in [2.45, 2.75) is 32.8 Å². The second-order valence-corrected chi connectivity index (χ2v) is 4.80. The Morgan fingerprint density at radius 1 is 1.47 bits per heavy atom. The molecule has 2 rings (SSSR count). The third kappa shape index (κ3) is 3.05. The Morgan fingerprint density at radius 3 is 2.84 bits per heavy atom. The first kappa shape index (κ1) is 13.4. The summed E-state index contributed by atoms with van der Waals surface area (Å²) in [5, 5.41) is 8.73.